The van der Waals surface area contributed by atoms with Crippen LogP contribution >= 0.6 is 12.4 Å². The van der Waals surface area contributed by atoms with Gasteiger partial charge >= 0.3 is 0 Å². The Bertz CT molecular complexity index is 796. The van der Waals surface area contributed by atoms with Gasteiger partial charge in [-0.15, -0.1) is 12.4 Å². The monoisotopic (exact) mass is 355 g/mol. The van der Waals surface area contributed by atoms with E-state index in [1.165, 1.54) is 16.3 Å². The molecule has 0 aromatic heterocycles. The molecule has 0 spiro atoms. The SMILES string of the molecule is CC(C)(NCCc1cccc2ccccc12)C(O)c1ccccc1.Cl. The molecule has 25 heavy (non-hydrogen) atoms. The van der Waals surface area contributed by atoms with Crippen molar-refractivity contribution in [1.29, 1.82) is 0 Å². The summed E-state index contributed by atoms with van der Waals surface area (Å²) in [6, 6.07) is 24.8. The molecule has 3 heteroatoms. The normalized spacial score (nSPS) is 12.6. The lowest BCUT2D eigenvalue weighted by atomic mass is 9.91. The van der Waals surface area contributed by atoms with Crippen molar-refractivity contribution < 1.29 is 5.11 Å². The first-order valence-electron chi connectivity index (χ1n) is 8.52. The molecular weight excluding hydrogens is 330 g/mol. The Morgan fingerprint density at radius 3 is 2.28 bits per heavy atom. The smallest absolute Gasteiger partial charge is 0.0966 e. The van der Waals surface area contributed by atoms with Crippen LogP contribution in [0.5, 0.6) is 0 Å². The maximum atomic E-state index is 10.7. The molecule has 0 amide bonds. The fourth-order valence-corrected chi connectivity index (χ4v) is 3.18. The van der Waals surface area contributed by atoms with E-state index in [9.17, 15) is 5.11 Å². The summed E-state index contributed by atoms with van der Waals surface area (Å²) in [5.74, 6) is 0. The lowest BCUT2D eigenvalue weighted by Gasteiger charge is -2.32. The number of hydrogen-bond acceptors (Lipinski definition) is 2. The van der Waals surface area contributed by atoms with E-state index in [1.54, 1.807) is 0 Å². The number of hydrogen-bond donors (Lipinski definition) is 2. The van der Waals surface area contributed by atoms with Gasteiger partial charge in [-0.05, 0) is 48.7 Å². The molecule has 3 rings (SSSR count). The van der Waals surface area contributed by atoms with Crippen LogP contribution in [0.15, 0.2) is 72.8 Å². The molecule has 0 radical (unpaired) electrons. The molecule has 2 nitrogen and oxygen atoms in total. The minimum absolute atomic E-state index is 0. The second-order valence-electron chi connectivity index (χ2n) is 6.85. The summed E-state index contributed by atoms with van der Waals surface area (Å²) in [6.07, 6.45) is 0.401. The Hall–Kier alpha value is -1.87. The average Bonchev–Trinajstić information content (AvgIpc) is 2.62. The maximum Gasteiger partial charge on any atom is 0.0966 e. The highest BCUT2D eigenvalue weighted by atomic mass is 35.5. The van der Waals surface area contributed by atoms with Crippen LogP contribution in [-0.4, -0.2) is 17.2 Å². The Kier molecular flexibility index (Phi) is 6.60. The molecule has 3 aromatic carbocycles. The topological polar surface area (TPSA) is 32.3 Å². The molecular formula is C22H26ClNO. The molecule has 0 saturated carbocycles. The number of nitrogens with one attached hydrogen (secondary N) is 1. The predicted molar refractivity (Wildman–Crippen MR) is 108 cm³/mol. The summed E-state index contributed by atoms with van der Waals surface area (Å²) in [6.45, 7) is 4.92. The lowest BCUT2D eigenvalue weighted by molar-refractivity contribution is 0.0807. The first kappa shape index (κ1) is 19.5. The highest BCUT2D eigenvalue weighted by molar-refractivity contribution is 5.86. The van der Waals surface area contributed by atoms with E-state index < -0.39 is 6.10 Å². The van der Waals surface area contributed by atoms with E-state index in [0.29, 0.717) is 0 Å². The zero-order valence-corrected chi connectivity index (χ0v) is 15.6. The van der Waals surface area contributed by atoms with Crippen LogP contribution in [0.4, 0.5) is 0 Å². The first-order chi connectivity index (χ1) is 11.6. The summed E-state index contributed by atoms with van der Waals surface area (Å²) in [4.78, 5) is 0. The van der Waals surface area contributed by atoms with Crippen molar-refractivity contribution in [3.05, 3.63) is 83.9 Å². The van der Waals surface area contributed by atoms with E-state index in [0.717, 1.165) is 18.5 Å². The molecule has 0 aliphatic rings. The second-order valence-corrected chi connectivity index (χ2v) is 6.85. The van der Waals surface area contributed by atoms with Gasteiger partial charge in [-0.3, -0.25) is 0 Å². The van der Waals surface area contributed by atoms with E-state index in [-0.39, 0.29) is 17.9 Å². The molecule has 0 aliphatic carbocycles. The molecule has 1 unspecified atom stereocenters. The highest BCUT2D eigenvalue weighted by Gasteiger charge is 2.28. The van der Waals surface area contributed by atoms with Crippen molar-refractivity contribution in [3.8, 4) is 0 Å². The highest BCUT2D eigenvalue weighted by Crippen LogP contribution is 2.25. The fraction of sp³-hybridized carbons (Fsp3) is 0.273. The standard InChI is InChI=1S/C22H25NO.ClH/c1-22(2,21(24)19-10-4-3-5-11-19)23-16-15-18-13-8-12-17-9-6-7-14-20(17)18;/h3-14,21,23-24H,15-16H2,1-2H3;1H. The van der Waals surface area contributed by atoms with Crippen LogP contribution in [-0.2, 0) is 6.42 Å². The molecule has 0 fully saturated rings. The van der Waals surface area contributed by atoms with Crippen LogP contribution in [0.1, 0.15) is 31.1 Å². The van der Waals surface area contributed by atoms with Gasteiger partial charge in [0.05, 0.1) is 6.10 Å². The van der Waals surface area contributed by atoms with Gasteiger partial charge in [0, 0.05) is 5.54 Å². The number of aliphatic hydroxyl groups is 1. The summed E-state index contributed by atoms with van der Waals surface area (Å²) >= 11 is 0. The molecule has 2 N–H and O–H groups in total. The van der Waals surface area contributed by atoms with Crippen LogP contribution < -0.4 is 5.32 Å². The van der Waals surface area contributed by atoms with Crippen LogP contribution in [0.2, 0.25) is 0 Å². The lowest BCUT2D eigenvalue weighted by Crippen LogP contribution is -2.45. The van der Waals surface area contributed by atoms with Gasteiger partial charge in [-0.1, -0.05) is 72.8 Å². The Labute approximate surface area is 156 Å². The number of fused-ring (bicyclic) bond motifs is 1. The van der Waals surface area contributed by atoms with Gasteiger partial charge in [-0.25, -0.2) is 0 Å². The van der Waals surface area contributed by atoms with Gasteiger partial charge in [0.25, 0.3) is 0 Å². The molecule has 132 valence electrons. The minimum Gasteiger partial charge on any atom is -0.387 e. The van der Waals surface area contributed by atoms with Crippen molar-refractivity contribution in [2.45, 2.75) is 31.9 Å². The Balaban J connectivity index is 0.00000225. The largest absolute Gasteiger partial charge is 0.387 e. The zero-order chi connectivity index (χ0) is 17.0. The van der Waals surface area contributed by atoms with Gasteiger partial charge < -0.3 is 10.4 Å². The van der Waals surface area contributed by atoms with Crippen molar-refractivity contribution in [1.82, 2.24) is 5.32 Å². The van der Waals surface area contributed by atoms with Crippen molar-refractivity contribution >= 4 is 23.2 Å². The summed E-state index contributed by atoms with van der Waals surface area (Å²) in [5, 5.41) is 16.8. The molecule has 0 saturated heterocycles. The summed E-state index contributed by atoms with van der Waals surface area (Å²) < 4.78 is 0. The van der Waals surface area contributed by atoms with E-state index in [4.69, 9.17) is 0 Å². The van der Waals surface area contributed by atoms with E-state index in [2.05, 4.69) is 47.8 Å². The number of aliphatic hydroxyl groups excluding tert-OH is 1. The number of rotatable bonds is 6. The van der Waals surface area contributed by atoms with E-state index >= 15 is 0 Å². The number of benzene rings is 3. The van der Waals surface area contributed by atoms with E-state index in [1.807, 2.05) is 44.2 Å². The predicted octanol–water partition coefficient (Wildman–Crippen LogP) is 4.91. The Morgan fingerprint density at radius 1 is 0.880 bits per heavy atom. The zero-order valence-electron chi connectivity index (χ0n) is 14.8. The maximum absolute atomic E-state index is 10.7. The molecule has 0 heterocycles. The summed E-state index contributed by atoms with van der Waals surface area (Å²) in [5.41, 5.74) is 1.90. The number of halogens is 1. The van der Waals surface area contributed by atoms with Gasteiger partial charge in [0.2, 0.25) is 0 Å². The third kappa shape index (κ3) is 4.60. The van der Waals surface area contributed by atoms with Crippen molar-refractivity contribution in [2.75, 3.05) is 6.54 Å². The fourth-order valence-electron chi connectivity index (χ4n) is 3.18. The minimum atomic E-state index is -0.536. The molecule has 0 aliphatic heterocycles. The summed E-state index contributed by atoms with van der Waals surface area (Å²) in [7, 11) is 0. The van der Waals surface area contributed by atoms with Crippen LogP contribution in [0.3, 0.4) is 0 Å². The quantitative estimate of drug-likeness (QED) is 0.658. The van der Waals surface area contributed by atoms with Crippen LogP contribution in [0, 0.1) is 0 Å². The Morgan fingerprint density at radius 2 is 1.52 bits per heavy atom. The molecule has 3 aromatic rings. The third-order valence-corrected chi connectivity index (χ3v) is 4.65. The first-order valence-corrected chi connectivity index (χ1v) is 8.52. The van der Waals surface area contributed by atoms with Gasteiger partial charge in [0.1, 0.15) is 0 Å². The van der Waals surface area contributed by atoms with Crippen molar-refractivity contribution in [2.24, 2.45) is 0 Å². The molecule has 0 bridgehead atoms. The third-order valence-electron chi connectivity index (χ3n) is 4.65. The molecule has 1 atom stereocenters. The average molecular weight is 356 g/mol. The van der Waals surface area contributed by atoms with Crippen molar-refractivity contribution in [3.63, 3.8) is 0 Å². The van der Waals surface area contributed by atoms with Crippen LogP contribution in [0.25, 0.3) is 10.8 Å². The van der Waals surface area contributed by atoms with Gasteiger partial charge in [0.15, 0.2) is 0 Å². The second kappa shape index (κ2) is 8.48. The van der Waals surface area contributed by atoms with Gasteiger partial charge in [-0.2, -0.15) is 0 Å².